The lowest BCUT2D eigenvalue weighted by Gasteiger charge is -2.24. The van der Waals surface area contributed by atoms with E-state index in [2.05, 4.69) is 0 Å². The summed E-state index contributed by atoms with van der Waals surface area (Å²) in [7, 11) is 0. The highest BCUT2D eigenvalue weighted by molar-refractivity contribution is 6.29. The number of hydrogen-bond acceptors (Lipinski definition) is 5. The first kappa shape index (κ1) is 30.4. The van der Waals surface area contributed by atoms with E-state index in [9.17, 15) is 24.0 Å². The van der Waals surface area contributed by atoms with E-state index in [1.807, 2.05) is 26.8 Å². The van der Waals surface area contributed by atoms with Gasteiger partial charge in [0.1, 0.15) is 0 Å². The summed E-state index contributed by atoms with van der Waals surface area (Å²) in [6.07, 6.45) is 0.740. The van der Waals surface area contributed by atoms with Gasteiger partial charge in [0.15, 0.2) is 23.1 Å². The highest BCUT2D eigenvalue weighted by Gasteiger charge is 2.34. The number of carbonyl (C=O) groups excluding carboxylic acids is 4. The molecule has 0 aliphatic heterocycles. The van der Waals surface area contributed by atoms with Gasteiger partial charge >= 0.3 is 5.97 Å². The number of carbonyl (C=O) groups is 5. The van der Waals surface area contributed by atoms with Gasteiger partial charge in [-0.2, -0.15) is 0 Å². The lowest BCUT2D eigenvalue weighted by Crippen LogP contribution is -2.25. The third kappa shape index (κ3) is 6.01. The van der Waals surface area contributed by atoms with Crippen molar-refractivity contribution < 1.29 is 29.1 Å². The van der Waals surface area contributed by atoms with Crippen molar-refractivity contribution in [2.24, 2.45) is 5.92 Å². The van der Waals surface area contributed by atoms with Crippen LogP contribution >= 0.6 is 0 Å². The fraction of sp³-hybridized carbons (Fsp3) is 0.324. The van der Waals surface area contributed by atoms with Gasteiger partial charge in [-0.25, -0.2) is 0 Å². The molecule has 0 aromatic heterocycles. The van der Waals surface area contributed by atoms with Crippen LogP contribution < -0.4 is 0 Å². The number of benzene rings is 3. The Bertz CT molecular complexity index is 1510. The number of carboxylic acids is 1. The normalized spacial score (nSPS) is 12.6. The Balaban J connectivity index is 0.00000216. The first-order valence-electron chi connectivity index (χ1n) is 13.7. The molecule has 0 bridgehead atoms. The van der Waals surface area contributed by atoms with Crippen LogP contribution in [0.25, 0.3) is 0 Å². The third-order valence-electron chi connectivity index (χ3n) is 7.32. The van der Waals surface area contributed by atoms with E-state index in [-0.39, 0.29) is 59.4 Å². The molecule has 40 heavy (non-hydrogen) atoms. The molecule has 1 unspecified atom stereocenters. The Labute approximate surface area is 235 Å². The van der Waals surface area contributed by atoms with E-state index in [1.54, 1.807) is 56.3 Å². The van der Waals surface area contributed by atoms with Crippen molar-refractivity contribution in [1.29, 1.82) is 0 Å². The van der Waals surface area contributed by atoms with Gasteiger partial charge in [0.25, 0.3) is 0 Å². The first-order valence-corrected chi connectivity index (χ1v) is 13.7. The fourth-order valence-electron chi connectivity index (χ4n) is 5.44. The summed E-state index contributed by atoms with van der Waals surface area (Å²) in [4.78, 5) is 64.4. The molecule has 0 amide bonds. The zero-order valence-electron chi connectivity index (χ0n) is 24.0. The van der Waals surface area contributed by atoms with Gasteiger partial charge < -0.3 is 5.11 Å². The van der Waals surface area contributed by atoms with Crippen LogP contribution in [-0.2, 0) is 11.2 Å². The largest absolute Gasteiger partial charge is 0.481 e. The van der Waals surface area contributed by atoms with Crippen molar-refractivity contribution in [3.8, 4) is 0 Å². The predicted octanol–water partition coefficient (Wildman–Crippen LogP) is 6.97. The Morgan fingerprint density at radius 1 is 0.825 bits per heavy atom. The van der Waals surface area contributed by atoms with Crippen LogP contribution in [0.1, 0.15) is 122 Å². The van der Waals surface area contributed by atoms with E-state index < -0.39 is 5.97 Å². The number of carboxylic acid groups (broad SMARTS) is 1. The molecule has 4 rings (SSSR count). The van der Waals surface area contributed by atoms with Crippen LogP contribution in [0.3, 0.4) is 0 Å². The van der Waals surface area contributed by atoms with Crippen molar-refractivity contribution in [2.75, 3.05) is 0 Å². The average molecular weight is 541 g/mol. The van der Waals surface area contributed by atoms with Crippen LogP contribution in [0.2, 0.25) is 0 Å². The van der Waals surface area contributed by atoms with Crippen molar-refractivity contribution in [1.82, 2.24) is 0 Å². The summed E-state index contributed by atoms with van der Waals surface area (Å²) in [5.41, 5.74) is 4.60. The fourth-order valence-corrected chi connectivity index (χ4v) is 5.44. The van der Waals surface area contributed by atoms with Crippen LogP contribution in [0.4, 0.5) is 0 Å². The number of aryl methyl sites for hydroxylation is 2. The van der Waals surface area contributed by atoms with Crippen LogP contribution in [0, 0.1) is 19.8 Å². The van der Waals surface area contributed by atoms with Gasteiger partial charge in [0, 0.05) is 46.2 Å². The zero-order chi connectivity index (χ0) is 29.7. The number of hydrogen-bond donors (Lipinski definition) is 1. The molecular formula is C34H36O6. The molecule has 1 atom stereocenters. The minimum Gasteiger partial charge on any atom is -0.481 e. The molecule has 1 aliphatic carbocycles. The zero-order valence-corrected chi connectivity index (χ0v) is 24.0. The van der Waals surface area contributed by atoms with Crippen molar-refractivity contribution in [3.05, 3.63) is 104 Å². The van der Waals surface area contributed by atoms with Gasteiger partial charge in [-0.1, -0.05) is 63.2 Å². The van der Waals surface area contributed by atoms with Crippen molar-refractivity contribution >= 4 is 29.1 Å². The van der Waals surface area contributed by atoms with E-state index in [0.717, 1.165) is 5.56 Å². The van der Waals surface area contributed by atoms with Gasteiger partial charge in [-0.05, 0) is 67.9 Å². The quantitative estimate of drug-likeness (QED) is 0.230. The second-order valence-electron chi connectivity index (χ2n) is 10.2. The van der Waals surface area contributed by atoms with Gasteiger partial charge in [0.2, 0.25) is 0 Å². The summed E-state index contributed by atoms with van der Waals surface area (Å²) < 4.78 is 0. The first-order chi connectivity index (χ1) is 19.0. The number of Topliss-reactive ketones (excluding diaryl/α,β-unsaturated/α-hetero) is 2. The number of aliphatic carboxylic acids is 1. The number of rotatable bonds is 9. The standard InChI is InChI=1S/C32H30O6.C2H6/c1-17(14-28(35)36)12-13-27(34)21-11-7-8-18(2)24(21)16-25-29(20(4)33)19(3)15-26-30(25)32(38)23-10-6-5-9-22(23)31(26)37;1-2/h5-11,15,17H,12-14,16H2,1-4H3,(H,35,36);1-2H3. The third-order valence-corrected chi connectivity index (χ3v) is 7.32. The van der Waals surface area contributed by atoms with Crippen LogP contribution in [0.15, 0.2) is 48.5 Å². The Morgan fingerprint density at radius 2 is 1.45 bits per heavy atom. The van der Waals surface area contributed by atoms with Gasteiger partial charge in [-0.15, -0.1) is 0 Å². The molecule has 208 valence electrons. The molecule has 0 spiro atoms. The summed E-state index contributed by atoms with van der Waals surface area (Å²) in [6.45, 7) is 10.9. The van der Waals surface area contributed by atoms with E-state index >= 15 is 0 Å². The monoisotopic (exact) mass is 540 g/mol. The molecule has 0 radical (unpaired) electrons. The van der Waals surface area contributed by atoms with E-state index in [4.69, 9.17) is 5.11 Å². The molecule has 1 N–H and O–H groups in total. The number of ketones is 4. The van der Waals surface area contributed by atoms with Crippen molar-refractivity contribution in [2.45, 2.75) is 67.2 Å². The summed E-state index contributed by atoms with van der Waals surface area (Å²) in [5.74, 6) is -1.97. The molecule has 6 nitrogen and oxygen atoms in total. The molecule has 6 heteroatoms. The Hall–Kier alpha value is -4.19. The summed E-state index contributed by atoms with van der Waals surface area (Å²) >= 11 is 0. The Kier molecular flexibility index (Phi) is 9.69. The average Bonchev–Trinajstić information content (AvgIpc) is 2.91. The minimum atomic E-state index is -0.900. The van der Waals surface area contributed by atoms with Gasteiger partial charge in [0.05, 0.1) is 0 Å². The molecule has 0 fully saturated rings. The molecular weight excluding hydrogens is 504 g/mol. The number of fused-ring (bicyclic) bond motifs is 2. The maximum absolute atomic E-state index is 13.7. The molecule has 3 aromatic carbocycles. The van der Waals surface area contributed by atoms with Crippen molar-refractivity contribution in [3.63, 3.8) is 0 Å². The highest BCUT2D eigenvalue weighted by Crippen LogP contribution is 2.35. The lowest BCUT2D eigenvalue weighted by molar-refractivity contribution is -0.138. The summed E-state index contributed by atoms with van der Waals surface area (Å²) in [6, 6.07) is 13.7. The maximum atomic E-state index is 13.7. The van der Waals surface area contributed by atoms with E-state index in [1.165, 1.54) is 6.92 Å². The SMILES string of the molecule is CC.CC(=O)c1c(C)cc2c(c1Cc1c(C)cccc1C(=O)CCC(C)CC(=O)O)C(=O)c1ccccc1C2=O. The molecule has 3 aromatic rings. The minimum absolute atomic E-state index is 0.0109. The van der Waals surface area contributed by atoms with Crippen LogP contribution in [0.5, 0.6) is 0 Å². The highest BCUT2D eigenvalue weighted by atomic mass is 16.4. The smallest absolute Gasteiger partial charge is 0.303 e. The molecule has 0 saturated heterocycles. The second-order valence-corrected chi connectivity index (χ2v) is 10.2. The van der Waals surface area contributed by atoms with E-state index in [0.29, 0.717) is 45.4 Å². The molecule has 1 aliphatic rings. The molecule has 0 heterocycles. The lowest BCUT2D eigenvalue weighted by atomic mass is 9.76. The predicted molar refractivity (Wildman–Crippen MR) is 155 cm³/mol. The Morgan fingerprint density at radius 3 is 2.05 bits per heavy atom. The van der Waals surface area contributed by atoms with Crippen LogP contribution in [-0.4, -0.2) is 34.2 Å². The maximum Gasteiger partial charge on any atom is 0.303 e. The summed E-state index contributed by atoms with van der Waals surface area (Å²) in [5, 5.41) is 9.04. The van der Waals surface area contributed by atoms with Gasteiger partial charge in [-0.3, -0.25) is 24.0 Å². The molecule has 0 saturated carbocycles. The topological polar surface area (TPSA) is 106 Å². The second kappa shape index (κ2) is 12.8.